The number of esters is 2. The van der Waals surface area contributed by atoms with Crippen molar-refractivity contribution in [3.8, 4) is 17.2 Å². The molecule has 0 fully saturated rings. The molecule has 216 valence electrons. The van der Waals surface area contributed by atoms with Gasteiger partial charge in [0.25, 0.3) is 5.91 Å². The first-order valence-electron chi connectivity index (χ1n) is 13.1. The Morgan fingerprint density at radius 2 is 1.74 bits per heavy atom. The number of nitrogens with two attached hydrogens (primary N) is 1. The van der Waals surface area contributed by atoms with Crippen LogP contribution in [0.15, 0.2) is 36.5 Å². The quantitative estimate of drug-likeness (QED) is 0.326. The fraction of sp³-hybridized carbons (Fsp3) is 0.517. The van der Waals surface area contributed by atoms with Crippen molar-refractivity contribution in [1.82, 2.24) is 4.98 Å². The minimum atomic E-state index is -0.787. The molecule has 1 heterocycles. The van der Waals surface area contributed by atoms with E-state index in [1.807, 2.05) is 6.92 Å². The van der Waals surface area contributed by atoms with Crippen molar-refractivity contribution in [2.45, 2.75) is 79.4 Å². The van der Waals surface area contributed by atoms with Gasteiger partial charge in [-0.3, -0.25) is 14.4 Å². The van der Waals surface area contributed by atoms with Crippen LogP contribution in [0.5, 0.6) is 17.2 Å². The van der Waals surface area contributed by atoms with E-state index in [4.69, 9.17) is 24.7 Å². The number of hydrogen-bond donors (Lipinski definition) is 1. The number of benzene rings is 1. The lowest BCUT2D eigenvalue weighted by Gasteiger charge is -2.31. The summed E-state index contributed by atoms with van der Waals surface area (Å²) in [4.78, 5) is 37.5. The highest BCUT2D eigenvalue weighted by Crippen LogP contribution is 2.29. The highest BCUT2D eigenvalue weighted by Gasteiger charge is 2.29. The lowest BCUT2D eigenvalue weighted by Crippen LogP contribution is -2.39. The number of carbonyl (C=O) groups is 3. The number of carbonyl (C=O) groups excluding carboxylic acids is 3. The van der Waals surface area contributed by atoms with E-state index in [9.17, 15) is 18.8 Å². The number of methoxy groups -OCH3 is 1. The van der Waals surface area contributed by atoms with Crippen molar-refractivity contribution in [3.05, 3.63) is 48.0 Å². The molecule has 0 bridgehead atoms. The number of aromatic nitrogens is 1. The maximum atomic E-state index is 13.4. The molecular formula is C29H41FN2O7. The second-order valence-electron chi connectivity index (χ2n) is 9.39. The van der Waals surface area contributed by atoms with E-state index in [-0.39, 0.29) is 47.1 Å². The predicted octanol–water partition coefficient (Wildman–Crippen LogP) is 5.49. The number of primary amides is 1. The SMILES string of the molecule is CCC(CC)C(Oc1cccc(F)c1)C(C)OC(=O)CCC(C)C.COc1ccnc(C(N)=O)c1OC(C)=O. The summed E-state index contributed by atoms with van der Waals surface area (Å²) in [6, 6.07) is 7.56. The molecule has 0 aliphatic carbocycles. The molecule has 0 spiro atoms. The number of rotatable bonds is 13. The molecule has 2 atom stereocenters. The summed E-state index contributed by atoms with van der Waals surface area (Å²) in [5, 5.41) is 0. The Kier molecular flexibility index (Phi) is 14.5. The van der Waals surface area contributed by atoms with Gasteiger partial charge in [-0.2, -0.15) is 0 Å². The Morgan fingerprint density at radius 3 is 2.26 bits per heavy atom. The van der Waals surface area contributed by atoms with E-state index in [0.29, 0.717) is 18.1 Å². The summed E-state index contributed by atoms with van der Waals surface area (Å²) in [5.41, 5.74) is 4.93. The van der Waals surface area contributed by atoms with Crippen LogP contribution < -0.4 is 19.9 Å². The Labute approximate surface area is 230 Å². The molecule has 0 saturated carbocycles. The van der Waals surface area contributed by atoms with Crippen LogP contribution in [0.2, 0.25) is 0 Å². The predicted molar refractivity (Wildman–Crippen MR) is 145 cm³/mol. The Hall–Kier alpha value is -3.69. The minimum Gasteiger partial charge on any atom is -0.493 e. The Bertz CT molecular complexity index is 1070. The van der Waals surface area contributed by atoms with Crippen LogP contribution in [-0.2, 0) is 14.3 Å². The van der Waals surface area contributed by atoms with Crippen LogP contribution in [0.4, 0.5) is 4.39 Å². The lowest BCUT2D eigenvalue weighted by molar-refractivity contribution is -0.154. The molecule has 1 aromatic carbocycles. The average Bonchev–Trinajstić information content (AvgIpc) is 2.87. The summed E-state index contributed by atoms with van der Waals surface area (Å²) < 4.78 is 34.7. The number of hydrogen-bond acceptors (Lipinski definition) is 8. The summed E-state index contributed by atoms with van der Waals surface area (Å²) in [5.74, 6) is -0.556. The molecule has 2 N–H and O–H groups in total. The number of ether oxygens (including phenoxy) is 4. The second kappa shape index (κ2) is 17.0. The first-order chi connectivity index (χ1) is 18.4. The minimum absolute atomic E-state index is 0.0556. The van der Waals surface area contributed by atoms with Gasteiger partial charge in [-0.25, -0.2) is 9.37 Å². The standard InChI is InChI=1S/C20H31FO3.C9H10N2O4/c1-6-16(7-2)20(24-18-10-8-9-17(21)13-18)15(5)23-19(22)12-11-14(3)4;1-5(12)15-8-6(14-2)3-4-11-7(8)9(10)13/h8-10,13-16,20H,6-7,11-12H2,1-5H3;3-4H,1-2H3,(H2,10,13). The molecule has 0 aliphatic heterocycles. The van der Waals surface area contributed by atoms with E-state index >= 15 is 0 Å². The van der Waals surface area contributed by atoms with Gasteiger partial charge in [-0.15, -0.1) is 0 Å². The molecule has 10 heteroatoms. The molecule has 0 aliphatic rings. The van der Waals surface area contributed by atoms with Gasteiger partial charge >= 0.3 is 11.9 Å². The van der Waals surface area contributed by atoms with Crippen molar-refractivity contribution in [3.63, 3.8) is 0 Å². The maximum absolute atomic E-state index is 13.4. The molecule has 2 unspecified atom stereocenters. The van der Waals surface area contributed by atoms with Gasteiger partial charge in [0.15, 0.2) is 11.4 Å². The van der Waals surface area contributed by atoms with Gasteiger partial charge in [0.2, 0.25) is 5.75 Å². The normalized spacial score (nSPS) is 12.2. The van der Waals surface area contributed by atoms with Gasteiger partial charge in [-0.05, 0) is 50.2 Å². The molecular weight excluding hydrogens is 507 g/mol. The van der Waals surface area contributed by atoms with Crippen LogP contribution in [0.1, 0.15) is 77.7 Å². The Balaban J connectivity index is 0.000000434. The third kappa shape index (κ3) is 11.7. The smallest absolute Gasteiger partial charge is 0.308 e. The van der Waals surface area contributed by atoms with E-state index in [0.717, 1.165) is 19.3 Å². The lowest BCUT2D eigenvalue weighted by atomic mass is 9.93. The molecule has 39 heavy (non-hydrogen) atoms. The monoisotopic (exact) mass is 548 g/mol. The van der Waals surface area contributed by atoms with Gasteiger partial charge < -0.3 is 24.7 Å². The summed E-state index contributed by atoms with van der Waals surface area (Å²) in [6.07, 6.45) is 3.71. The third-order valence-electron chi connectivity index (χ3n) is 5.85. The van der Waals surface area contributed by atoms with E-state index in [2.05, 4.69) is 32.7 Å². The highest BCUT2D eigenvalue weighted by atomic mass is 19.1. The molecule has 0 radical (unpaired) electrons. The number of pyridine rings is 1. The number of amides is 1. The summed E-state index contributed by atoms with van der Waals surface area (Å²) >= 11 is 0. The molecule has 2 rings (SSSR count). The third-order valence-corrected chi connectivity index (χ3v) is 5.85. The maximum Gasteiger partial charge on any atom is 0.308 e. The average molecular weight is 549 g/mol. The fourth-order valence-electron chi connectivity index (χ4n) is 3.78. The number of halogens is 1. The van der Waals surface area contributed by atoms with Crippen LogP contribution >= 0.6 is 0 Å². The Morgan fingerprint density at radius 1 is 1.08 bits per heavy atom. The van der Waals surface area contributed by atoms with Crippen molar-refractivity contribution >= 4 is 17.8 Å². The molecule has 0 saturated heterocycles. The summed E-state index contributed by atoms with van der Waals surface area (Å²) in [7, 11) is 1.38. The topological polar surface area (TPSA) is 127 Å². The zero-order valence-corrected chi connectivity index (χ0v) is 23.9. The van der Waals surface area contributed by atoms with E-state index < -0.39 is 11.9 Å². The molecule has 2 aromatic rings. The number of nitrogens with zero attached hydrogens (tertiary/aromatic N) is 1. The van der Waals surface area contributed by atoms with Gasteiger partial charge in [0.1, 0.15) is 23.8 Å². The fourth-order valence-corrected chi connectivity index (χ4v) is 3.78. The van der Waals surface area contributed by atoms with Crippen LogP contribution in [-0.4, -0.2) is 42.1 Å². The zero-order valence-electron chi connectivity index (χ0n) is 23.9. The molecule has 9 nitrogen and oxygen atoms in total. The van der Waals surface area contributed by atoms with Gasteiger partial charge in [-0.1, -0.05) is 33.8 Å². The van der Waals surface area contributed by atoms with E-state index in [1.54, 1.807) is 12.1 Å². The first kappa shape index (κ1) is 33.3. The van der Waals surface area contributed by atoms with Crippen molar-refractivity contribution in [2.24, 2.45) is 17.6 Å². The van der Waals surface area contributed by atoms with Crippen LogP contribution in [0, 0.1) is 17.7 Å². The highest BCUT2D eigenvalue weighted by molar-refractivity contribution is 5.95. The van der Waals surface area contributed by atoms with E-state index in [1.165, 1.54) is 38.4 Å². The largest absolute Gasteiger partial charge is 0.493 e. The van der Waals surface area contributed by atoms with Gasteiger partial charge in [0.05, 0.1) is 7.11 Å². The van der Waals surface area contributed by atoms with Crippen molar-refractivity contribution < 1.29 is 37.7 Å². The molecule has 1 aromatic heterocycles. The van der Waals surface area contributed by atoms with Crippen molar-refractivity contribution in [1.29, 1.82) is 0 Å². The van der Waals surface area contributed by atoms with Crippen LogP contribution in [0.3, 0.4) is 0 Å². The van der Waals surface area contributed by atoms with Crippen molar-refractivity contribution in [2.75, 3.05) is 7.11 Å². The first-order valence-corrected chi connectivity index (χ1v) is 13.1. The second-order valence-corrected chi connectivity index (χ2v) is 9.39. The van der Waals surface area contributed by atoms with Crippen LogP contribution in [0.25, 0.3) is 0 Å². The zero-order chi connectivity index (χ0) is 29.5. The molecule has 1 amide bonds. The van der Waals surface area contributed by atoms with Gasteiger partial charge in [0, 0.05) is 31.7 Å². The summed E-state index contributed by atoms with van der Waals surface area (Å²) in [6.45, 7) is 11.4.